The van der Waals surface area contributed by atoms with E-state index in [1.165, 1.54) is 12.3 Å². The summed E-state index contributed by atoms with van der Waals surface area (Å²) >= 11 is 0. The summed E-state index contributed by atoms with van der Waals surface area (Å²) in [6.07, 6.45) is -4.39. The maximum Gasteiger partial charge on any atom is 0.351 e. The van der Waals surface area contributed by atoms with Gasteiger partial charge in [-0.05, 0) is 6.07 Å². The number of nitrogens with two attached hydrogens (primary N) is 1. The Morgan fingerprint density at radius 2 is 2.35 bits per heavy atom. The summed E-state index contributed by atoms with van der Waals surface area (Å²) < 4.78 is 19.4. The Labute approximate surface area is 95.3 Å². The Morgan fingerprint density at radius 1 is 1.65 bits per heavy atom. The molecule has 4 atom stereocenters. The summed E-state index contributed by atoms with van der Waals surface area (Å²) in [4.78, 5) is 14.9. The number of anilines is 1. The molecule has 1 aromatic heterocycles. The third kappa shape index (κ3) is 2.02. The number of ether oxygens (including phenoxy) is 1. The van der Waals surface area contributed by atoms with E-state index in [1.54, 1.807) is 0 Å². The van der Waals surface area contributed by atoms with Gasteiger partial charge < -0.3 is 20.7 Å². The fraction of sp³-hybridized carbons (Fsp3) is 0.556. The summed E-state index contributed by atoms with van der Waals surface area (Å²) in [5, 5.41) is 18.4. The lowest BCUT2D eigenvalue weighted by molar-refractivity contribution is -0.0536. The molecule has 2 heterocycles. The van der Waals surface area contributed by atoms with E-state index < -0.39 is 36.9 Å². The van der Waals surface area contributed by atoms with Crippen LogP contribution in [0.3, 0.4) is 0 Å². The quantitative estimate of drug-likeness (QED) is 0.579. The van der Waals surface area contributed by atoms with Gasteiger partial charge in [-0.2, -0.15) is 4.98 Å². The number of aromatic nitrogens is 2. The number of aliphatic hydroxyl groups excluding tert-OH is 2. The van der Waals surface area contributed by atoms with Gasteiger partial charge in [-0.1, -0.05) is 0 Å². The highest BCUT2D eigenvalue weighted by molar-refractivity contribution is 5.23. The van der Waals surface area contributed by atoms with Crippen LogP contribution in [0.2, 0.25) is 0 Å². The summed E-state index contributed by atoms with van der Waals surface area (Å²) in [6, 6.07) is 1.33. The first-order valence-electron chi connectivity index (χ1n) is 4.97. The van der Waals surface area contributed by atoms with Crippen LogP contribution in [0, 0.1) is 0 Å². The zero-order valence-electron chi connectivity index (χ0n) is 8.73. The van der Waals surface area contributed by atoms with Crippen molar-refractivity contribution in [1.82, 2.24) is 9.55 Å². The van der Waals surface area contributed by atoms with Crippen LogP contribution in [0.4, 0.5) is 10.2 Å². The molecule has 4 N–H and O–H groups in total. The second kappa shape index (κ2) is 4.40. The van der Waals surface area contributed by atoms with Crippen molar-refractivity contribution in [3.8, 4) is 0 Å². The van der Waals surface area contributed by atoms with Gasteiger partial charge in [0.05, 0.1) is 6.61 Å². The molecule has 7 nitrogen and oxygen atoms in total. The highest BCUT2D eigenvalue weighted by Gasteiger charge is 2.45. The summed E-state index contributed by atoms with van der Waals surface area (Å²) in [7, 11) is 0. The van der Waals surface area contributed by atoms with E-state index in [2.05, 4.69) is 4.98 Å². The predicted molar refractivity (Wildman–Crippen MR) is 54.8 cm³/mol. The molecule has 0 aromatic carbocycles. The molecule has 1 aliphatic heterocycles. The van der Waals surface area contributed by atoms with Crippen LogP contribution in [-0.4, -0.2) is 44.8 Å². The number of aliphatic hydroxyl groups is 2. The molecule has 1 saturated heterocycles. The summed E-state index contributed by atoms with van der Waals surface area (Å²) in [5.41, 5.74) is 4.55. The number of halogens is 1. The molecule has 8 heteroatoms. The van der Waals surface area contributed by atoms with Crippen molar-refractivity contribution in [2.24, 2.45) is 0 Å². The lowest BCUT2D eigenvalue weighted by Crippen LogP contribution is -2.34. The van der Waals surface area contributed by atoms with Crippen molar-refractivity contribution < 1.29 is 19.3 Å². The van der Waals surface area contributed by atoms with Gasteiger partial charge in [0.2, 0.25) is 0 Å². The lowest BCUT2D eigenvalue weighted by atomic mass is 10.1. The molecule has 1 aliphatic rings. The van der Waals surface area contributed by atoms with Gasteiger partial charge in [-0.25, -0.2) is 9.18 Å². The Hall–Kier alpha value is -1.51. The highest BCUT2D eigenvalue weighted by atomic mass is 19.1. The molecule has 0 saturated carbocycles. The highest BCUT2D eigenvalue weighted by Crippen LogP contribution is 2.30. The molecule has 94 valence electrons. The van der Waals surface area contributed by atoms with Gasteiger partial charge >= 0.3 is 5.69 Å². The number of nitrogen functional groups attached to an aromatic ring is 1. The molecular weight excluding hydrogens is 233 g/mol. The fourth-order valence-electron chi connectivity index (χ4n) is 1.71. The van der Waals surface area contributed by atoms with Crippen molar-refractivity contribution in [2.75, 3.05) is 12.3 Å². The minimum atomic E-state index is -1.76. The Balaban J connectivity index is 2.32. The molecule has 0 bridgehead atoms. The molecule has 1 fully saturated rings. The topological polar surface area (TPSA) is 111 Å². The van der Waals surface area contributed by atoms with Crippen LogP contribution in [0.25, 0.3) is 0 Å². The zero-order valence-corrected chi connectivity index (χ0v) is 8.73. The van der Waals surface area contributed by atoms with E-state index in [0.717, 1.165) is 4.57 Å². The molecule has 0 aliphatic carbocycles. The third-order valence-electron chi connectivity index (χ3n) is 2.59. The first-order chi connectivity index (χ1) is 8.04. The van der Waals surface area contributed by atoms with Gasteiger partial charge in [0, 0.05) is 6.20 Å². The van der Waals surface area contributed by atoms with Gasteiger partial charge in [0.1, 0.15) is 18.0 Å². The van der Waals surface area contributed by atoms with Crippen molar-refractivity contribution in [2.45, 2.75) is 24.6 Å². The molecule has 1 aromatic rings. The minimum Gasteiger partial charge on any atom is -0.394 e. The Morgan fingerprint density at radius 3 is 2.88 bits per heavy atom. The van der Waals surface area contributed by atoms with Crippen molar-refractivity contribution in [1.29, 1.82) is 0 Å². The van der Waals surface area contributed by atoms with E-state index in [-0.39, 0.29) is 5.82 Å². The first-order valence-corrected chi connectivity index (χ1v) is 4.97. The SMILES string of the molecule is Nc1ccn([C@@H]2O[C@H](CO)[C@H](F)C2O)c(=O)n1. The fourth-order valence-corrected chi connectivity index (χ4v) is 1.71. The van der Waals surface area contributed by atoms with Gasteiger partial charge in [0.15, 0.2) is 12.4 Å². The maximum atomic E-state index is 13.4. The monoisotopic (exact) mass is 245 g/mol. The zero-order chi connectivity index (χ0) is 12.6. The molecule has 1 unspecified atom stereocenters. The van der Waals surface area contributed by atoms with Crippen LogP contribution in [0.5, 0.6) is 0 Å². The second-order valence-corrected chi connectivity index (χ2v) is 3.72. The number of nitrogens with zero attached hydrogens (tertiary/aromatic N) is 2. The largest absolute Gasteiger partial charge is 0.394 e. The van der Waals surface area contributed by atoms with Crippen molar-refractivity contribution in [3.63, 3.8) is 0 Å². The van der Waals surface area contributed by atoms with E-state index in [1.807, 2.05) is 0 Å². The molecule has 2 rings (SSSR count). The molecule has 0 radical (unpaired) electrons. The number of hydrogen-bond donors (Lipinski definition) is 3. The van der Waals surface area contributed by atoms with Crippen LogP contribution in [0.1, 0.15) is 6.23 Å². The Kier molecular flexibility index (Phi) is 3.09. The lowest BCUT2D eigenvalue weighted by Gasteiger charge is -2.16. The standard InChI is InChI=1S/C9H12FN3O4/c10-6-4(3-14)17-8(7(6)15)13-2-1-5(11)12-9(13)16/h1-2,4,6-8,14-15H,3H2,(H2,11,12,16)/t4-,6+,7?,8-/m1/s1. The predicted octanol–water partition coefficient (Wildman–Crippen LogP) is -1.59. The number of alkyl halides is 1. The third-order valence-corrected chi connectivity index (χ3v) is 2.59. The molecule has 0 amide bonds. The first kappa shape index (κ1) is 12.0. The maximum absolute atomic E-state index is 13.4. The average Bonchev–Trinajstić information content (AvgIpc) is 2.57. The van der Waals surface area contributed by atoms with Crippen LogP contribution in [0.15, 0.2) is 17.1 Å². The van der Waals surface area contributed by atoms with E-state index in [4.69, 9.17) is 15.6 Å². The normalized spacial score (nSPS) is 32.9. The second-order valence-electron chi connectivity index (χ2n) is 3.72. The minimum absolute atomic E-state index is 0.0224. The molecular formula is C9H12FN3O4. The molecule has 0 spiro atoms. The van der Waals surface area contributed by atoms with Crippen LogP contribution < -0.4 is 11.4 Å². The smallest absolute Gasteiger partial charge is 0.351 e. The summed E-state index contributed by atoms with van der Waals surface area (Å²) in [5.74, 6) is 0.0224. The van der Waals surface area contributed by atoms with E-state index in [0.29, 0.717) is 0 Å². The number of rotatable bonds is 2. The van der Waals surface area contributed by atoms with Gasteiger partial charge in [-0.3, -0.25) is 4.57 Å². The van der Waals surface area contributed by atoms with Crippen molar-refractivity contribution in [3.05, 3.63) is 22.7 Å². The van der Waals surface area contributed by atoms with Gasteiger partial charge in [0.25, 0.3) is 0 Å². The van der Waals surface area contributed by atoms with Crippen molar-refractivity contribution >= 4 is 5.82 Å². The Bertz CT molecular complexity index is 466. The van der Waals surface area contributed by atoms with Gasteiger partial charge in [-0.15, -0.1) is 0 Å². The number of hydrogen-bond acceptors (Lipinski definition) is 6. The molecule has 17 heavy (non-hydrogen) atoms. The van der Waals surface area contributed by atoms with E-state index in [9.17, 15) is 14.3 Å². The average molecular weight is 245 g/mol. The van der Waals surface area contributed by atoms with Crippen LogP contribution >= 0.6 is 0 Å². The summed E-state index contributed by atoms with van der Waals surface area (Å²) in [6.45, 7) is -0.578. The van der Waals surface area contributed by atoms with Crippen LogP contribution in [-0.2, 0) is 4.74 Å². The van der Waals surface area contributed by atoms with E-state index >= 15 is 0 Å².